The minimum absolute atomic E-state index is 0.0329. The molecule has 1 unspecified atom stereocenters. The number of nitrogens with one attached hydrogen (secondary N) is 2. The predicted octanol–water partition coefficient (Wildman–Crippen LogP) is 3.65. The van der Waals surface area contributed by atoms with Crippen LogP contribution < -0.4 is 5.32 Å². The number of ether oxygens (including phenoxy) is 1. The molecule has 1 aromatic rings. The van der Waals surface area contributed by atoms with Gasteiger partial charge in [-0.3, -0.25) is 0 Å². The molecule has 3 nitrogen and oxygen atoms in total. The molecule has 0 radical (unpaired) electrons. The molecule has 0 heterocycles. The van der Waals surface area contributed by atoms with E-state index in [2.05, 4.69) is 12.2 Å². The van der Waals surface area contributed by atoms with Crippen LogP contribution >= 0.6 is 0 Å². The van der Waals surface area contributed by atoms with Crippen molar-refractivity contribution in [1.29, 1.82) is 5.41 Å². The second-order valence-corrected chi connectivity index (χ2v) is 4.05. The monoisotopic (exact) mass is 234 g/mol. The normalized spacial score (nSPS) is 12.2. The summed E-state index contributed by atoms with van der Waals surface area (Å²) < 4.78 is 5.64. The Hall–Kier alpha value is -1.35. The van der Waals surface area contributed by atoms with Gasteiger partial charge in [0.25, 0.3) is 0 Å². The summed E-state index contributed by atoms with van der Waals surface area (Å²) in [6.07, 6.45) is 2.08. The molecule has 0 saturated heterocycles. The van der Waals surface area contributed by atoms with Crippen molar-refractivity contribution in [2.45, 2.75) is 39.8 Å². The van der Waals surface area contributed by atoms with E-state index in [1.165, 1.54) is 0 Å². The van der Waals surface area contributed by atoms with Crippen LogP contribution in [0.1, 0.15) is 39.2 Å². The minimum atomic E-state index is 0.0329. The van der Waals surface area contributed by atoms with Gasteiger partial charge in [-0.2, -0.15) is 0 Å². The molecular weight excluding hydrogens is 212 g/mol. The van der Waals surface area contributed by atoms with E-state index in [4.69, 9.17) is 10.1 Å². The van der Waals surface area contributed by atoms with Gasteiger partial charge in [0, 0.05) is 23.6 Å². The maximum absolute atomic E-state index is 7.74. The largest absolute Gasteiger partial charge is 0.360 e. The molecule has 0 amide bonds. The third-order valence-corrected chi connectivity index (χ3v) is 2.57. The van der Waals surface area contributed by atoms with Crippen LogP contribution in [0, 0.1) is 5.41 Å². The second kappa shape index (κ2) is 7.07. The van der Waals surface area contributed by atoms with Gasteiger partial charge in [-0.15, -0.1) is 0 Å². The Bertz CT molecular complexity index is 357. The number of rotatable bonds is 7. The highest BCUT2D eigenvalue weighted by Gasteiger charge is 2.10. The van der Waals surface area contributed by atoms with Crippen LogP contribution in [0.2, 0.25) is 0 Å². The average Bonchev–Trinajstić information content (AvgIpc) is 2.30. The second-order valence-electron chi connectivity index (χ2n) is 4.05. The van der Waals surface area contributed by atoms with E-state index in [1.54, 1.807) is 6.92 Å². The van der Waals surface area contributed by atoms with Gasteiger partial charge in [-0.25, -0.2) is 0 Å². The van der Waals surface area contributed by atoms with Gasteiger partial charge in [0.2, 0.25) is 0 Å². The van der Waals surface area contributed by atoms with Crippen molar-refractivity contribution in [1.82, 2.24) is 0 Å². The molecule has 3 heteroatoms. The predicted molar refractivity (Wildman–Crippen MR) is 72.9 cm³/mol. The fourth-order valence-corrected chi connectivity index (χ4v) is 1.77. The standard InChI is InChI=1S/C14H22N2O/c1-4-8-14(17-5-2)16-13-10-7-6-9-12(13)11(3)15/h6-7,9-10,14-16H,4-5,8H2,1-3H3. The van der Waals surface area contributed by atoms with Crippen molar-refractivity contribution in [3.05, 3.63) is 29.8 Å². The van der Waals surface area contributed by atoms with Crippen LogP contribution in [-0.4, -0.2) is 18.5 Å². The van der Waals surface area contributed by atoms with Gasteiger partial charge >= 0.3 is 0 Å². The maximum atomic E-state index is 7.74. The summed E-state index contributed by atoms with van der Waals surface area (Å²) in [6.45, 7) is 6.64. The van der Waals surface area contributed by atoms with Gasteiger partial charge in [0.05, 0.1) is 0 Å². The SMILES string of the molecule is CCCC(Nc1ccccc1C(C)=N)OCC. The first kappa shape index (κ1) is 13.7. The van der Waals surface area contributed by atoms with Crippen LogP contribution in [0.4, 0.5) is 5.69 Å². The molecule has 0 aromatic heterocycles. The third kappa shape index (κ3) is 4.19. The molecule has 17 heavy (non-hydrogen) atoms. The van der Waals surface area contributed by atoms with Crippen LogP contribution in [0.3, 0.4) is 0 Å². The smallest absolute Gasteiger partial charge is 0.127 e. The van der Waals surface area contributed by atoms with Gasteiger partial charge in [0.15, 0.2) is 0 Å². The van der Waals surface area contributed by atoms with Gasteiger partial charge < -0.3 is 15.5 Å². The summed E-state index contributed by atoms with van der Waals surface area (Å²) in [4.78, 5) is 0. The van der Waals surface area contributed by atoms with E-state index < -0.39 is 0 Å². The Labute approximate surface area is 104 Å². The van der Waals surface area contributed by atoms with Crippen LogP contribution in [-0.2, 0) is 4.74 Å². The van der Waals surface area contributed by atoms with Gasteiger partial charge in [-0.05, 0) is 26.3 Å². The van der Waals surface area contributed by atoms with E-state index in [1.807, 2.05) is 31.2 Å². The lowest BCUT2D eigenvalue weighted by atomic mass is 10.1. The topological polar surface area (TPSA) is 45.1 Å². The summed E-state index contributed by atoms with van der Waals surface area (Å²) in [5.41, 5.74) is 2.49. The first-order valence-electron chi connectivity index (χ1n) is 6.21. The lowest BCUT2D eigenvalue weighted by Gasteiger charge is -2.21. The highest BCUT2D eigenvalue weighted by molar-refractivity contribution is 6.01. The minimum Gasteiger partial charge on any atom is -0.360 e. The number of hydrogen-bond acceptors (Lipinski definition) is 3. The maximum Gasteiger partial charge on any atom is 0.127 e. The van der Waals surface area contributed by atoms with E-state index in [-0.39, 0.29) is 6.23 Å². The molecule has 94 valence electrons. The zero-order valence-electron chi connectivity index (χ0n) is 10.9. The lowest BCUT2D eigenvalue weighted by molar-refractivity contribution is 0.0762. The lowest BCUT2D eigenvalue weighted by Crippen LogP contribution is -2.24. The molecule has 0 saturated carbocycles. The number of benzene rings is 1. The van der Waals surface area contributed by atoms with E-state index in [0.717, 1.165) is 24.1 Å². The number of anilines is 1. The fraction of sp³-hybridized carbons (Fsp3) is 0.500. The molecule has 2 N–H and O–H groups in total. The molecular formula is C14H22N2O. The quantitative estimate of drug-likeness (QED) is 0.558. The van der Waals surface area contributed by atoms with Crippen molar-refractivity contribution in [2.75, 3.05) is 11.9 Å². The summed E-state index contributed by atoms with van der Waals surface area (Å²) in [6, 6.07) is 7.88. The van der Waals surface area contributed by atoms with Gasteiger partial charge in [-0.1, -0.05) is 31.5 Å². The van der Waals surface area contributed by atoms with Crippen molar-refractivity contribution in [3.63, 3.8) is 0 Å². The van der Waals surface area contributed by atoms with Crippen LogP contribution in [0.5, 0.6) is 0 Å². The molecule has 0 aliphatic rings. The Kier molecular flexibility index (Phi) is 5.70. The summed E-state index contributed by atoms with van der Waals surface area (Å²) in [5, 5.41) is 11.1. The van der Waals surface area contributed by atoms with Gasteiger partial charge in [0.1, 0.15) is 6.23 Å². The molecule has 0 fully saturated rings. The average molecular weight is 234 g/mol. The first-order chi connectivity index (χ1) is 8.19. The Morgan fingerprint density at radius 2 is 2.06 bits per heavy atom. The van der Waals surface area contributed by atoms with Crippen molar-refractivity contribution < 1.29 is 4.74 Å². The summed E-state index contributed by atoms with van der Waals surface area (Å²) >= 11 is 0. The van der Waals surface area contributed by atoms with Crippen molar-refractivity contribution >= 4 is 11.4 Å². The molecule has 0 bridgehead atoms. The zero-order valence-corrected chi connectivity index (χ0v) is 10.9. The first-order valence-corrected chi connectivity index (χ1v) is 6.21. The Morgan fingerprint density at radius 1 is 1.35 bits per heavy atom. The highest BCUT2D eigenvalue weighted by atomic mass is 16.5. The zero-order chi connectivity index (χ0) is 12.7. The van der Waals surface area contributed by atoms with Crippen LogP contribution in [0.15, 0.2) is 24.3 Å². The van der Waals surface area contributed by atoms with E-state index in [0.29, 0.717) is 12.3 Å². The number of para-hydroxylation sites is 1. The molecule has 1 atom stereocenters. The fourth-order valence-electron chi connectivity index (χ4n) is 1.77. The van der Waals surface area contributed by atoms with Crippen LogP contribution in [0.25, 0.3) is 0 Å². The molecule has 0 aliphatic carbocycles. The molecule has 0 spiro atoms. The molecule has 0 aliphatic heterocycles. The van der Waals surface area contributed by atoms with Crippen molar-refractivity contribution in [3.8, 4) is 0 Å². The Morgan fingerprint density at radius 3 is 2.65 bits per heavy atom. The van der Waals surface area contributed by atoms with E-state index in [9.17, 15) is 0 Å². The summed E-state index contributed by atoms with van der Waals surface area (Å²) in [5.74, 6) is 0. The highest BCUT2D eigenvalue weighted by Crippen LogP contribution is 2.18. The van der Waals surface area contributed by atoms with Crippen molar-refractivity contribution in [2.24, 2.45) is 0 Å². The third-order valence-electron chi connectivity index (χ3n) is 2.57. The number of hydrogen-bond donors (Lipinski definition) is 2. The van der Waals surface area contributed by atoms with E-state index >= 15 is 0 Å². The molecule has 1 aromatic carbocycles. The molecule has 1 rings (SSSR count). The summed E-state index contributed by atoms with van der Waals surface area (Å²) in [7, 11) is 0. The Balaban J connectivity index is 2.80.